The van der Waals surface area contributed by atoms with Crippen molar-refractivity contribution in [2.75, 3.05) is 37.5 Å². The first-order valence-electron chi connectivity index (χ1n) is 19.5. The summed E-state index contributed by atoms with van der Waals surface area (Å²) in [5.74, 6) is 1.93. The van der Waals surface area contributed by atoms with Crippen LogP contribution in [0.15, 0.2) is 66.9 Å². The number of carbonyl (C=O) groups excluding carboxylic acids is 1. The van der Waals surface area contributed by atoms with Crippen LogP contribution in [0.25, 0.3) is 11.3 Å². The Morgan fingerprint density at radius 3 is 2.40 bits per heavy atom. The van der Waals surface area contributed by atoms with Gasteiger partial charge in [-0.3, -0.25) is 14.5 Å². The normalized spacial score (nSPS) is 19.4. The monoisotopic (exact) mass is 783 g/mol. The maximum absolute atomic E-state index is 14.9. The summed E-state index contributed by atoms with van der Waals surface area (Å²) >= 11 is 0. The lowest BCUT2D eigenvalue weighted by atomic mass is 9.85. The van der Waals surface area contributed by atoms with Gasteiger partial charge in [0.2, 0.25) is 5.95 Å². The van der Waals surface area contributed by atoms with Gasteiger partial charge in [-0.2, -0.15) is 5.10 Å². The number of carbonyl (C=O) groups is 2. The number of pyridine rings is 1. The van der Waals surface area contributed by atoms with Gasteiger partial charge >= 0.3 is 6.03 Å². The van der Waals surface area contributed by atoms with Crippen LogP contribution in [0.2, 0.25) is 0 Å². The first-order valence-corrected chi connectivity index (χ1v) is 19.5. The quantitative estimate of drug-likeness (QED) is 0.121. The van der Waals surface area contributed by atoms with Crippen LogP contribution >= 0.6 is 0 Å². The molecular weight excluding hydrogens is 730 g/mol. The third-order valence-electron chi connectivity index (χ3n) is 10.4. The predicted molar refractivity (Wildman–Crippen MR) is 217 cm³/mol. The van der Waals surface area contributed by atoms with E-state index in [9.17, 15) is 9.18 Å². The molecule has 4 heterocycles. The Kier molecular flexibility index (Phi) is 12.7. The van der Waals surface area contributed by atoms with E-state index in [-0.39, 0.29) is 30.1 Å². The van der Waals surface area contributed by atoms with E-state index in [1.165, 1.54) is 18.6 Å². The number of aromatic nitrogens is 5. The number of urea groups is 1. The summed E-state index contributed by atoms with van der Waals surface area (Å²) in [6, 6.07) is 18.4. The summed E-state index contributed by atoms with van der Waals surface area (Å²) < 4.78 is 31.0. The molecule has 0 spiro atoms. The Labute approximate surface area is 333 Å². The second kappa shape index (κ2) is 17.6. The van der Waals surface area contributed by atoms with Gasteiger partial charge in [-0.05, 0) is 89.4 Å². The molecule has 304 valence electrons. The lowest BCUT2D eigenvalue weighted by molar-refractivity contribution is -0.122. The van der Waals surface area contributed by atoms with E-state index in [1.54, 1.807) is 10.7 Å². The molecule has 0 unspecified atom stereocenters. The van der Waals surface area contributed by atoms with E-state index < -0.39 is 5.82 Å². The number of benzene rings is 2. The smallest absolute Gasteiger partial charge is 0.320 e. The molecule has 4 atom stereocenters. The highest BCUT2D eigenvalue weighted by Crippen LogP contribution is 2.39. The van der Waals surface area contributed by atoms with Crippen molar-refractivity contribution in [1.29, 1.82) is 0 Å². The topological polar surface area (TPSA) is 151 Å². The molecule has 15 heteroatoms. The van der Waals surface area contributed by atoms with Gasteiger partial charge in [-0.15, -0.1) is 10.2 Å². The summed E-state index contributed by atoms with van der Waals surface area (Å²) in [4.78, 5) is 26.5. The molecule has 2 amide bonds. The molecule has 14 nitrogen and oxygen atoms in total. The molecule has 5 aromatic rings. The van der Waals surface area contributed by atoms with Crippen molar-refractivity contribution in [2.24, 2.45) is 0 Å². The van der Waals surface area contributed by atoms with E-state index in [2.05, 4.69) is 45.6 Å². The lowest BCUT2D eigenvalue weighted by Crippen LogP contribution is -2.44. The number of ether oxygens (including phenoxy) is 2. The van der Waals surface area contributed by atoms with Gasteiger partial charge < -0.3 is 29.7 Å². The van der Waals surface area contributed by atoms with Crippen molar-refractivity contribution in [3.05, 3.63) is 89.5 Å². The molecule has 0 radical (unpaired) electrons. The molecule has 3 aromatic heterocycles. The Balaban J connectivity index is 0.00000177. The van der Waals surface area contributed by atoms with Crippen LogP contribution in [0.5, 0.6) is 11.5 Å². The maximum atomic E-state index is 14.9. The first kappa shape index (κ1) is 40.9. The van der Waals surface area contributed by atoms with Crippen molar-refractivity contribution in [3.8, 4) is 17.2 Å². The number of rotatable bonds is 10. The second-order valence-corrected chi connectivity index (χ2v) is 16.1. The molecule has 1 aliphatic heterocycles. The zero-order chi connectivity index (χ0) is 40.9. The second-order valence-electron chi connectivity index (χ2n) is 16.1. The molecule has 57 heavy (non-hydrogen) atoms. The molecule has 2 aliphatic rings. The van der Waals surface area contributed by atoms with Gasteiger partial charge in [0, 0.05) is 42.2 Å². The minimum atomic E-state index is -0.459. The van der Waals surface area contributed by atoms with Crippen molar-refractivity contribution >= 4 is 29.9 Å². The van der Waals surface area contributed by atoms with E-state index in [0.29, 0.717) is 55.3 Å². The highest BCUT2D eigenvalue weighted by atomic mass is 19.1. The number of anilines is 2. The van der Waals surface area contributed by atoms with Crippen LogP contribution in [0.3, 0.4) is 0 Å². The first-order chi connectivity index (χ1) is 27.2. The summed E-state index contributed by atoms with van der Waals surface area (Å²) in [6.07, 6.45) is 6.63. The zero-order valence-electron chi connectivity index (χ0n) is 33.8. The average molecular weight is 784 g/mol. The number of nitrogens with zero attached hydrogens (tertiary/aromatic N) is 7. The largest absolute Gasteiger partial charge is 0.492 e. The summed E-state index contributed by atoms with van der Waals surface area (Å²) in [7, 11) is 3.90. The van der Waals surface area contributed by atoms with E-state index in [1.807, 2.05) is 86.8 Å². The van der Waals surface area contributed by atoms with Crippen molar-refractivity contribution in [3.63, 3.8) is 0 Å². The van der Waals surface area contributed by atoms with Crippen LogP contribution in [0.4, 0.5) is 21.0 Å². The Morgan fingerprint density at radius 2 is 1.70 bits per heavy atom. The van der Waals surface area contributed by atoms with E-state index >= 15 is 0 Å². The lowest BCUT2D eigenvalue weighted by Gasteiger charge is -2.39. The van der Waals surface area contributed by atoms with Crippen LogP contribution in [-0.4, -0.2) is 86.2 Å². The standard InChI is InChI=1S/C41H52FN9O3.CH2O2/c1-26-11-10-12-27(2)50(26)40-46-45-37-18-15-30(25-49(37)40)54-35-17-16-34(32-13-8-9-14-33(32)35)43-39(52)44-38-24-36(41(3,4)5)47-51(38)29-21-28(42)22-31(23-29)53-20-19-48(6)7;2-1-3/h8-9,13-15,18,21-27,34-35H,10-12,16-17,19-20H2,1-7H3,(H2,43,44,52);1H,(H,2,3)/t26-,27+,34-,35+;/m0./s1. The number of carboxylic acid groups (broad SMARTS) is 1. The number of nitrogens with one attached hydrogen (secondary N) is 2. The number of fused-ring (bicyclic) bond motifs is 2. The van der Waals surface area contributed by atoms with Crippen LogP contribution in [-0.2, 0) is 10.2 Å². The molecule has 2 aromatic carbocycles. The third kappa shape index (κ3) is 9.65. The van der Waals surface area contributed by atoms with Gasteiger partial charge in [0.25, 0.3) is 6.47 Å². The van der Waals surface area contributed by atoms with Gasteiger partial charge in [0.05, 0.1) is 23.6 Å². The van der Waals surface area contributed by atoms with Gasteiger partial charge in [-0.25, -0.2) is 13.9 Å². The Hall–Kier alpha value is -5.70. The fraction of sp³-hybridized carbons (Fsp3) is 0.452. The third-order valence-corrected chi connectivity index (χ3v) is 10.4. The van der Waals surface area contributed by atoms with Crippen LogP contribution < -0.4 is 25.0 Å². The Morgan fingerprint density at radius 1 is 0.982 bits per heavy atom. The number of amides is 2. The predicted octanol–water partition coefficient (Wildman–Crippen LogP) is 7.54. The molecule has 3 N–H and O–H groups in total. The molecule has 1 aliphatic carbocycles. The van der Waals surface area contributed by atoms with Crippen LogP contribution in [0, 0.1) is 5.82 Å². The summed E-state index contributed by atoms with van der Waals surface area (Å²) in [5.41, 5.74) is 3.68. The minimum Gasteiger partial charge on any atom is -0.492 e. The highest BCUT2D eigenvalue weighted by Gasteiger charge is 2.32. The number of hydrogen-bond donors (Lipinski definition) is 3. The van der Waals surface area contributed by atoms with Crippen molar-refractivity contribution in [2.45, 2.75) is 96.4 Å². The number of halogens is 1. The minimum absolute atomic E-state index is 0.203. The number of likely N-dealkylation sites (N-methyl/N-ethyl adjacent to an activating group) is 1. The molecule has 1 fully saturated rings. The molecule has 0 bridgehead atoms. The molecule has 1 saturated heterocycles. The number of hydrogen-bond acceptors (Lipinski definition) is 9. The fourth-order valence-electron chi connectivity index (χ4n) is 7.55. The maximum Gasteiger partial charge on any atom is 0.320 e. The highest BCUT2D eigenvalue weighted by molar-refractivity contribution is 5.89. The summed E-state index contributed by atoms with van der Waals surface area (Å²) in [5, 5.41) is 26.9. The van der Waals surface area contributed by atoms with Gasteiger partial charge in [0.1, 0.15) is 35.8 Å². The van der Waals surface area contributed by atoms with E-state index in [4.69, 9.17) is 24.5 Å². The van der Waals surface area contributed by atoms with E-state index in [0.717, 1.165) is 47.0 Å². The molecule has 0 saturated carbocycles. The zero-order valence-corrected chi connectivity index (χ0v) is 33.8. The molecular formula is C42H54FN9O5. The van der Waals surface area contributed by atoms with Gasteiger partial charge in [-0.1, -0.05) is 45.0 Å². The van der Waals surface area contributed by atoms with Crippen LogP contribution in [0.1, 0.15) is 95.7 Å². The van der Waals surface area contributed by atoms with Crippen molar-refractivity contribution in [1.82, 2.24) is 34.6 Å². The fourth-order valence-corrected chi connectivity index (χ4v) is 7.55. The summed E-state index contributed by atoms with van der Waals surface area (Å²) in [6.45, 7) is 11.5. The average Bonchev–Trinajstić information content (AvgIpc) is 3.77. The molecule has 7 rings (SSSR count). The van der Waals surface area contributed by atoms with Crippen molar-refractivity contribution < 1.29 is 28.6 Å². The van der Waals surface area contributed by atoms with Gasteiger partial charge in [0.15, 0.2) is 5.65 Å². The SMILES string of the molecule is C[C@@H]1CCC[C@H](C)N1c1nnc2ccc(O[C@@H]3CC[C@H](NC(=O)Nc4cc(C(C)(C)C)nn4-c4cc(F)cc(OCCN(C)C)c4)c4ccccc43)cn12.O=CO. The Bertz CT molecular complexity index is 2150. The number of piperidine rings is 1.